The van der Waals surface area contributed by atoms with Gasteiger partial charge in [0.15, 0.2) is 0 Å². The van der Waals surface area contributed by atoms with E-state index in [-0.39, 0.29) is 5.69 Å². The van der Waals surface area contributed by atoms with E-state index < -0.39 is 4.92 Å². The zero-order valence-electron chi connectivity index (χ0n) is 13.6. The number of hydrogen-bond donors (Lipinski definition) is 2. The Kier molecular flexibility index (Phi) is 5.44. The first-order chi connectivity index (χ1) is 12.1. The van der Waals surface area contributed by atoms with Crippen LogP contribution in [-0.4, -0.2) is 34.5 Å². The summed E-state index contributed by atoms with van der Waals surface area (Å²) >= 11 is 3.38. The lowest BCUT2D eigenvalue weighted by Crippen LogP contribution is -2.37. The van der Waals surface area contributed by atoms with Gasteiger partial charge in [0, 0.05) is 23.2 Å². The van der Waals surface area contributed by atoms with Crippen molar-refractivity contribution in [1.82, 2.24) is 9.97 Å². The van der Waals surface area contributed by atoms with E-state index >= 15 is 0 Å². The molecule has 0 atom stereocenters. The molecule has 132 valence electrons. The van der Waals surface area contributed by atoms with E-state index in [0.29, 0.717) is 37.3 Å². The van der Waals surface area contributed by atoms with Gasteiger partial charge in [-0.3, -0.25) is 10.1 Å². The molecule has 3 N–H and O–H groups in total. The van der Waals surface area contributed by atoms with Gasteiger partial charge in [-0.1, -0.05) is 15.9 Å². The molecule has 1 aliphatic rings. The Labute approximate surface area is 153 Å². The van der Waals surface area contributed by atoms with Gasteiger partial charge >= 0.3 is 5.69 Å². The molecule has 0 aliphatic carbocycles. The lowest BCUT2D eigenvalue weighted by molar-refractivity contribution is -0.384. The van der Waals surface area contributed by atoms with Crippen molar-refractivity contribution in [2.75, 3.05) is 29.9 Å². The number of rotatable bonds is 5. The smallest absolute Gasteiger partial charge is 0.329 e. The monoisotopic (exact) mass is 406 g/mol. The zero-order chi connectivity index (χ0) is 17.8. The Bertz CT molecular complexity index is 747. The van der Waals surface area contributed by atoms with Crippen LogP contribution in [0, 0.1) is 16.0 Å². The van der Waals surface area contributed by atoms with Crippen molar-refractivity contribution < 1.29 is 4.92 Å². The van der Waals surface area contributed by atoms with E-state index in [1.54, 1.807) is 0 Å². The highest BCUT2D eigenvalue weighted by atomic mass is 79.9. The van der Waals surface area contributed by atoms with E-state index in [4.69, 9.17) is 5.73 Å². The number of benzene rings is 1. The first kappa shape index (κ1) is 17.6. The van der Waals surface area contributed by atoms with Gasteiger partial charge in [0.1, 0.15) is 6.20 Å². The molecule has 0 radical (unpaired) electrons. The van der Waals surface area contributed by atoms with Crippen LogP contribution in [0.15, 0.2) is 34.9 Å². The van der Waals surface area contributed by atoms with Gasteiger partial charge in [-0.05, 0) is 49.6 Å². The minimum Gasteiger partial charge on any atom is -0.351 e. The molecule has 1 fully saturated rings. The van der Waals surface area contributed by atoms with Crippen molar-refractivity contribution in [3.63, 3.8) is 0 Å². The summed E-state index contributed by atoms with van der Waals surface area (Å²) in [6.45, 7) is 2.06. The fourth-order valence-corrected chi connectivity index (χ4v) is 3.10. The highest BCUT2D eigenvalue weighted by Crippen LogP contribution is 2.30. The molecule has 2 aromatic rings. The maximum atomic E-state index is 11.3. The third-order valence-electron chi connectivity index (χ3n) is 4.29. The molecule has 0 amide bonds. The third kappa shape index (κ3) is 4.23. The summed E-state index contributed by atoms with van der Waals surface area (Å²) in [5.74, 6) is 1.16. The highest BCUT2D eigenvalue weighted by Gasteiger charge is 2.26. The van der Waals surface area contributed by atoms with Crippen molar-refractivity contribution in [2.24, 2.45) is 11.7 Å². The summed E-state index contributed by atoms with van der Waals surface area (Å²) in [5.41, 5.74) is 6.45. The molecular formula is C16H19BrN6O2. The summed E-state index contributed by atoms with van der Waals surface area (Å²) in [6, 6.07) is 7.54. The van der Waals surface area contributed by atoms with Gasteiger partial charge in [0.05, 0.1) is 4.92 Å². The molecule has 0 bridgehead atoms. The molecular weight excluding hydrogens is 388 g/mol. The third-order valence-corrected chi connectivity index (χ3v) is 4.82. The number of halogens is 1. The molecule has 1 aromatic heterocycles. The van der Waals surface area contributed by atoms with Gasteiger partial charge in [-0.25, -0.2) is 4.98 Å². The van der Waals surface area contributed by atoms with Gasteiger partial charge < -0.3 is 16.0 Å². The van der Waals surface area contributed by atoms with Gasteiger partial charge in [0.2, 0.25) is 11.8 Å². The van der Waals surface area contributed by atoms with Crippen molar-refractivity contribution in [1.29, 1.82) is 0 Å². The maximum absolute atomic E-state index is 11.3. The van der Waals surface area contributed by atoms with Crippen LogP contribution in [0.2, 0.25) is 0 Å². The Morgan fingerprint density at radius 3 is 2.60 bits per heavy atom. The summed E-state index contributed by atoms with van der Waals surface area (Å²) in [7, 11) is 0. The summed E-state index contributed by atoms with van der Waals surface area (Å²) in [5, 5.41) is 14.4. The molecule has 9 heteroatoms. The molecule has 1 saturated heterocycles. The molecule has 0 saturated carbocycles. The molecule has 1 aliphatic heterocycles. The predicted octanol–water partition coefficient (Wildman–Crippen LogP) is 3.07. The largest absolute Gasteiger partial charge is 0.351 e. The highest BCUT2D eigenvalue weighted by molar-refractivity contribution is 9.10. The Balaban J connectivity index is 1.84. The normalized spacial score (nSPS) is 15.2. The maximum Gasteiger partial charge on any atom is 0.329 e. The minimum atomic E-state index is -0.437. The average Bonchev–Trinajstić information content (AvgIpc) is 2.63. The van der Waals surface area contributed by atoms with Gasteiger partial charge in [0.25, 0.3) is 0 Å². The summed E-state index contributed by atoms with van der Waals surface area (Å²) < 4.78 is 0.964. The second-order valence-corrected chi connectivity index (χ2v) is 6.87. The number of piperidine rings is 1. The van der Waals surface area contributed by atoms with Crippen molar-refractivity contribution >= 4 is 39.1 Å². The number of nitro groups is 1. The van der Waals surface area contributed by atoms with Crippen LogP contribution in [-0.2, 0) is 0 Å². The first-order valence-electron chi connectivity index (χ1n) is 8.06. The van der Waals surface area contributed by atoms with E-state index in [9.17, 15) is 10.1 Å². The van der Waals surface area contributed by atoms with Crippen LogP contribution < -0.4 is 16.0 Å². The van der Waals surface area contributed by atoms with E-state index in [2.05, 4.69) is 31.2 Å². The molecule has 8 nitrogen and oxygen atoms in total. The number of aromatic nitrogens is 2. The van der Waals surface area contributed by atoms with Crippen LogP contribution in [0.5, 0.6) is 0 Å². The summed E-state index contributed by atoms with van der Waals surface area (Å²) in [6.07, 6.45) is 3.08. The topological polar surface area (TPSA) is 110 Å². The molecule has 0 spiro atoms. The molecule has 25 heavy (non-hydrogen) atoms. The average molecular weight is 407 g/mol. The first-order valence-corrected chi connectivity index (χ1v) is 8.85. The molecule has 1 aromatic carbocycles. The van der Waals surface area contributed by atoms with E-state index in [1.807, 2.05) is 29.2 Å². The van der Waals surface area contributed by atoms with Gasteiger partial charge in [-0.15, -0.1) is 0 Å². The molecule has 3 rings (SSSR count). The van der Waals surface area contributed by atoms with Crippen molar-refractivity contribution in [3.05, 3.63) is 45.0 Å². The predicted molar refractivity (Wildman–Crippen MR) is 100 cm³/mol. The van der Waals surface area contributed by atoms with Gasteiger partial charge in [-0.2, -0.15) is 4.98 Å². The Morgan fingerprint density at radius 1 is 1.32 bits per heavy atom. The molecule has 0 unspecified atom stereocenters. The zero-order valence-corrected chi connectivity index (χ0v) is 15.1. The second kappa shape index (κ2) is 7.75. The second-order valence-electron chi connectivity index (χ2n) is 5.96. The van der Waals surface area contributed by atoms with Crippen molar-refractivity contribution in [2.45, 2.75) is 12.8 Å². The van der Waals surface area contributed by atoms with Crippen LogP contribution in [0.4, 0.5) is 23.1 Å². The van der Waals surface area contributed by atoms with Crippen LogP contribution in [0.1, 0.15) is 12.8 Å². The lowest BCUT2D eigenvalue weighted by Gasteiger charge is -2.31. The number of nitrogens with two attached hydrogens (primary N) is 1. The minimum absolute atomic E-state index is 0.0763. The lowest BCUT2D eigenvalue weighted by atomic mass is 9.97. The van der Waals surface area contributed by atoms with Crippen molar-refractivity contribution in [3.8, 4) is 0 Å². The fraction of sp³-hybridized carbons (Fsp3) is 0.375. The van der Waals surface area contributed by atoms with E-state index in [1.165, 1.54) is 6.20 Å². The number of anilines is 3. The summed E-state index contributed by atoms with van der Waals surface area (Å²) in [4.78, 5) is 21.3. The SMILES string of the molecule is NCC1CCN(c2nc(Nc3ccc(Br)cc3)ncc2[N+](=O)[O-])CC1. The van der Waals surface area contributed by atoms with Crippen LogP contribution in [0.3, 0.4) is 0 Å². The van der Waals surface area contributed by atoms with Crippen LogP contribution in [0.25, 0.3) is 0 Å². The standard InChI is InChI=1S/C16H19BrN6O2/c17-12-1-3-13(4-2-12)20-16-19-10-14(23(24)25)15(21-16)22-7-5-11(9-18)6-8-22/h1-4,10-11H,5-9,18H2,(H,19,20,21). The van der Waals surface area contributed by atoms with E-state index in [0.717, 1.165) is 23.0 Å². The van der Waals surface area contributed by atoms with Crippen LogP contribution >= 0.6 is 15.9 Å². The fourth-order valence-electron chi connectivity index (χ4n) is 2.83. The number of nitrogens with zero attached hydrogens (tertiary/aromatic N) is 4. The number of hydrogen-bond acceptors (Lipinski definition) is 7. The Morgan fingerprint density at radius 2 is 2.00 bits per heavy atom. The quantitative estimate of drug-likeness (QED) is 0.579. The molecule has 2 heterocycles. The number of nitrogens with one attached hydrogen (secondary N) is 1. The Hall–Kier alpha value is -2.26.